The van der Waals surface area contributed by atoms with Crippen LogP contribution in [0.4, 0.5) is 0 Å². The molecule has 142 valence electrons. The van der Waals surface area contributed by atoms with Crippen LogP contribution >= 0.6 is 0 Å². The number of amides is 3. The number of rotatable bonds is 4. The quantitative estimate of drug-likeness (QED) is 0.822. The van der Waals surface area contributed by atoms with Gasteiger partial charge in [0.2, 0.25) is 11.8 Å². The first-order valence-corrected chi connectivity index (χ1v) is 9.17. The molecule has 0 bridgehead atoms. The van der Waals surface area contributed by atoms with Crippen LogP contribution in [0, 0.1) is 5.92 Å². The minimum Gasteiger partial charge on any atom is -0.459 e. The van der Waals surface area contributed by atoms with E-state index in [1.807, 2.05) is 9.80 Å². The van der Waals surface area contributed by atoms with Gasteiger partial charge >= 0.3 is 0 Å². The van der Waals surface area contributed by atoms with E-state index in [2.05, 4.69) is 0 Å². The monoisotopic (exact) mass is 362 g/mol. The van der Waals surface area contributed by atoms with Crippen LogP contribution in [0.25, 0.3) is 0 Å². The topological polar surface area (TPSA) is 100 Å². The van der Waals surface area contributed by atoms with Crippen LogP contribution in [0.3, 0.4) is 0 Å². The zero-order valence-electron chi connectivity index (χ0n) is 14.9. The average molecular weight is 362 g/mol. The van der Waals surface area contributed by atoms with Gasteiger partial charge < -0.3 is 20.0 Å². The summed E-state index contributed by atoms with van der Waals surface area (Å²) in [5, 5.41) is 0. The molecule has 8 nitrogen and oxygen atoms in total. The molecule has 2 saturated heterocycles. The average Bonchev–Trinajstić information content (AvgIpc) is 3.05. The summed E-state index contributed by atoms with van der Waals surface area (Å²) in [5.74, 6) is -0.143. The molecule has 1 atom stereocenters. The Morgan fingerprint density at radius 3 is 2.58 bits per heavy atom. The number of carbonyl (C=O) groups excluding carboxylic acids is 3. The van der Waals surface area contributed by atoms with Gasteiger partial charge in [0.15, 0.2) is 5.76 Å². The number of nitrogens with zero attached hydrogens (tertiary/aromatic N) is 3. The zero-order valence-corrected chi connectivity index (χ0v) is 14.9. The molecule has 1 unspecified atom stereocenters. The molecule has 0 radical (unpaired) electrons. The van der Waals surface area contributed by atoms with Gasteiger partial charge in [-0.1, -0.05) is 0 Å². The molecule has 2 N–H and O–H groups in total. The van der Waals surface area contributed by atoms with Crippen molar-refractivity contribution in [3.05, 3.63) is 24.2 Å². The van der Waals surface area contributed by atoms with Crippen LogP contribution in [-0.2, 0) is 9.59 Å². The van der Waals surface area contributed by atoms with E-state index in [0.29, 0.717) is 38.5 Å². The number of primary amides is 1. The minimum atomic E-state index is -0.361. The molecule has 2 fully saturated rings. The van der Waals surface area contributed by atoms with Crippen molar-refractivity contribution in [2.45, 2.75) is 19.3 Å². The Labute approximate surface area is 152 Å². The number of piperidine rings is 1. The summed E-state index contributed by atoms with van der Waals surface area (Å²) < 4.78 is 5.19. The first kappa shape index (κ1) is 18.4. The highest BCUT2D eigenvalue weighted by atomic mass is 16.3. The fraction of sp³-hybridized carbons (Fsp3) is 0.611. The van der Waals surface area contributed by atoms with Crippen LogP contribution in [0.1, 0.15) is 29.8 Å². The Bertz CT molecular complexity index is 646. The number of likely N-dealkylation sites (tertiary alicyclic amines) is 1. The van der Waals surface area contributed by atoms with E-state index in [1.165, 1.54) is 6.26 Å². The predicted molar refractivity (Wildman–Crippen MR) is 94.2 cm³/mol. The number of furan rings is 1. The van der Waals surface area contributed by atoms with E-state index in [9.17, 15) is 14.4 Å². The summed E-state index contributed by atoms with van der Waals surface area (Å²) in [6.07, 6.45) is 3.96. The molecule has 0 saturated carbocycles. The van der Waals surface area contributed by atoms with Gasteiger partial charge in [0.05, 0.1) is 18.7 Å². The number of hydrogen-bond acceptors (Lipinski definition) is 5. The molecule has 1 aromatic heterocycles. The number of nitrogens with two attached hydrogens (primary N) is 1. The van der Waals surface area contributed by atoms with Crippen molar-refractivity contribution >= 4 is 17.7 Å². The number of carbonyl (C=O) groups is 3. The van der Waals surface area contributed by atoms with Gasteiger partial charge in [-0.05, 0) is 37.9 Å². The van der Waals surface area contributed by atoms with E-state index in [4.69, 9.17) is 10.2 Å². The smallest absolute Gasteiger partial charge is 0.289 e. The maximum Gasteiger partial charge on any atom is 0.289 e. The normalized spacial score (nSPS) is 22.1. The van der Waals surface area contributed by atoms with Crippen molar-refractivity contribution < 1.29 is 18.8 Å². The minimum absolute atomic E-state index is 0.101. The molecule has 0 aromatic carbocycles. The summed E-state index contributed by atoms with van der Waals surface area (Å²) in [6.45, 7) is 3.87. The number of hydrogen-bond donors (Lipinski definition) is 1. The van der Waals surface area contributed by atoms with E-state index >= 15 is 0 Å². The van der Waals surface area contributed by atoms with Crippen molar-refractivity contribution in [2.75, 3.05) is 45.8 Å². The second kappa shape index (κ2) is 8.35. The first-order chi connectivity index (χ1) is 12.5. The summed E-state index contributed by atoms with van der Waals surface area (Å²) >= 11 is 0. The lowest BCUT2D eigenvalue weighted by Gasteiger charge is -2.34. The van der Waals surface area contributed by atoms with Gasteiger partial charge in [0.25, 0.3) is 5.91 Å². The molecule has 3 rings (SSSR count). The summed E-state index contributed by atoms with van der Waals surface area (Å²) in [5.41, 5.74) is 5.27. The maximum absolute atomic E-state index is 12.9. The van der Waals surface area contributed by atoms with Crippen LogP contribution in [-0.4, -0.2) is 78.2 Å². The van der Waals surface area contributed by atoms with Crippen LogP contribution < -0.4 is 5.73 Å². The third-order valence-corrected chi connectivity index (χ3v) is 5.06. The molecule has 0 aliphatic carbocycles. The highest BCUT2D eigenvalue weighted by molar-refractivity contribution is 5.91. The van der Waals surface area contributed by atoms with Crippen LogP contribution in [0.5, 0.6) is 0 Å². The van der Waals surface area contributed by atoms with E-state index in [0.717, 1.165) is 25.8 Å². The molecule has 3 heterocycles. The molecule has 2 aliphatic rings. The lowest BCUT2D eigenvalue weighted by Crippen LogP contribution is -2.47. The van der Waals surface area contributed by atoms with Gasteiger partial charge in [0.1, 0.15) is 0 Å². The lowest BCUT2D eigenvalue weighted by atomic mass is 9.96. The first-order valence-electron chi connectivity index (χ1n) is 9.17. The Kier molecular flexibility index (Phi) is 5.92. The molecule has 26 heavy (non-hydrogen) atoms. The van der Waals surface area contributed by atoms with Crippen LogP contribution in [0.2, 0.25) is 0 Å². The van der Waals surface area contributed by atoms with Gasteiger partial charge in [-0.25, -0.2) is 0 Å². The summed E-state index contributed by atoms with van der Waals surface area (Å²) in [4.78, 5) is 42.0. The fourth-order valence-corrected chi connectivity index (χ4v) is 3.78. The molecule has 2 aliphatic heterocycles. The predicted octanol–water partition coefficient (Wildman–Crippen LogP) is 0.151. The Morgan fingerprint density at radius 1 is 1.08 bits per heavy atom. The lowest BCUT2D eigenvalue weighted by molar-refractivity contribution is -0.137. The fourth-order valence-electron chi connectivity index (χ4n) is 3.78. The molecular weight excluding hydrogens is 336 g/mol. The zero-order chi connectivity index (χ0) is 18.5. The standard InChI is InChI=1S/C18H26N4O4/c19-16(23)13-20-6-1-4-14(12-20)17(24)21-7-3-8-22(10-9-21)18(25)15-5-2-11-26-15/h2,5,11,14H,1,3-4,6-10,12-13H2,(H2,19,23). The SMILES string of the molecule is NC(=O)CN1CCCC(C(=O)N2CCCN(C(=O)c3ccco3)CC2)C1. The van der Waals surface area contributed by atoms with Gasteiger partial charge in [-0.15, -0.1) is 0 Å². The Balaban J connectivity index is 1.55. The van der Waals surface area contributed by atoms with E-state index in [-0.39, 0.29) is 30.2 Å². The molecule has 0 spiro atoms. The third-order valence-electron chi connectivity index (χ3n) is 5.06. The highest BCUT2D eigenvalue weighted by Crippen LogP contribution is 2.20. The van der Waals surface area contributed by atoms with E-state index in [1.54, 1.807) is 17.0 Å². The van der Waals surface area contributed by atoms with Gasteiger partial charge in [-0.3, -0.25) is 19.3 Å². The maximum atomic E-state index is 12.9. The van der Waals surface area contributed by atoms with E-state index < -0.39 is 0 Å². The largest absolute Gasteiger partial charge is 0.459 e. The molecular formula is C18H26N4O4. The Morgan fingerprint density at radius 2 is 1.85 bits per heavy atom. The summed E-state index contributed by atoms with van der Waals surface area (Å²) in [7, 11) is 0. The van der Waals surface area contributed by atoms with Crippen molar-refractivity contribution in [1.29, 1.82) is 0 Å². The van der Waals surface area contributed by atoms with Crippen LogP contribution in [0.15, 0.2) is 22.8 Å². The van der Waals surface area contributed by atoms with Crippen molar-refractivity contribution in [3.63, 3.8) is 0 Å². The van der Waals surface area contributed by atoms with Gasteiger partial charge in [-0.2, -0.15) is 0 Å². The third kappa shape index (κ3) is 4.43. The van der Waals surface area contributed by atoms with Crippen molar-refractivity contribution in [1.82, 2.24) is 14.7 Å². The molecule has 8 heteroatoms. The van der Waals surface area contributed by atoms with Gasteiger partial charge in [0, 0.05) is 32.7 Å². The molecule has 1 aromatic rings. The van der Waals surface area contributed by atoms with Crippen molar-refractivity contribution in [2.24, 2.45) is 11.7 Å². The Hall–Kier alpha value is -2.35. The van der Waals surface area contributed by atoms with Crippen molar-refractivity contribution in [3.8, 4) is 0 Å². The highest BCUT2D eigenvalue weighted by Gasteiger charge is 2.31. The molecule has 3 amide bonds. The second-order valence-electron chi connectivity index (χ2n) is 6.99. The summed E-state index contributed by atoms with van der Waals surface area (Å²) in [6, 6.07) is 3.35. The second-order valence-corrected chi connectivity index (χ2v) is 6.99.